The van der Waals surface area contributed by atoms with Crippen LogP contribution in [0, 0.1) is 0 Å². The average molecular weight is 343 g/mol. The minimum absolute atomic E-state index is 0.192. The Morgan fingerprint density at radius 3 is 2.56 bits per heavy atom. The highest BCUT2D eigenvalue weighted by Gasteiger charge is 2.39. The summed E-state index contributed by atoms with van der Waals surface area (Å²) in [5.41, 5.74) is 1.88. The summed E-state index contributed by atoms with van der Waals surface area (Å²) in [5.74, 6) is -1.07. The molecule has 0 spiro atoms. The van der Waals surface area contributed by atoms with Crippen LogP contribution >= 0.6 is 0 Å². The molecule has 0 aliphatic carbocycles. The first kappa shape index (κ1) is 17.0. The van der Waals surface area contributed by atoms with Gasteiger partial charge in [0.1, 0.15) is 18.5 Å². The van der Waals surface area contributed by atoms with Gasteiger partial charge >= 0.3 is 5.97 Å². The van der Waals surface area contributed by atoms with E-state index < -0.39 is 30.6 Å². The van der Waals surface area contributed by atoms with Crippen molar-refractivity contribution in [3.8, 4) is 5.75 Å². The molecule has 0 saturated carbocycles. The second-order valence-electron chi connectivity index (χ2n) is 5.71. The van der Waals surface area contributed by atoms with Crippen LogP contribution < -0.4 is 10.1 Å². The van der Waals surface area contributed by atoms with Crippen LogP contribution in [0.25, 0.3) is 0 Å². The molecule has 3 rings (SSSR count). The highest BCUT2D eigenvalue weighted by molar-refractivity contribution is 6.01. The van der Waals surface area contributed by atoms with Crippen molar-refractivity contribution in [1.29, 1.82) is 0 Å². The molecular formula is C19H18FNO4. The normalized spacial score (nSPS) is 18.2. The van der Waals surface area contributed by atoms with E-state index in [0.29, 0.717) is 11.3 Å². The van der Waals surface area contributed by atoms with Crippen molar-refractivity contribution < 1.29 is 23.5 Å². The van der Waals surface area contributed by atoms with Gasteiger partial charge in [0.05, 0.1) is 24.2 Å². The molecule has 0 unspecified atom stereocenters. The summed E-state index contributed by atoms with van der Waals surface area (Å²) in [6, 6.07) is 12.3. The smallest absolute Gasteiger partial charge is 0.337 e. The van der Waals surface area contributed by atoms with Gasteiger partial charge in [0.2, 0.25) is 0 Å². The van der Waals surface area contributed by atoms with Crippen molar-refractivity contribution in [3.05, 3.63) is 64.7 Å². The van der Waals surface area contributed by atoms with Crippen molar-refractivity contribution in [2.45, 2.75) is 12.0 Å². The van der Waals surface area contributed by atoms with Crippen molar-refractivity contribution in [2.24, 2.45) is 0 Å². The second-order valence-corrected chi connectivity index (χ2v) is 5.71. The van der Waals surface area contributed by atoms with Gasteiger partial charge in [-0.1, -0.05) is 30.3 Å². The third-order valence-corrected chi connectivity index (χ3v) is 4.30. The molecule has 25 heavy (non-hydrogen) atoms. The van der Waals surface area contributed by atoms with E-state index in [4.69, 9.17) is 9.47 Å². The molecule has 6 heteroatoms. The van der Waals surface area contributed by atoms with Gasteiger partial charge in [-0.15, -0.1) is 0 Å². The number of hydrogen-bond donors (Lipinski definition) is 1. The maximum absolute atomic E-state index is 13.6. The molecule has 2 aromatic carbocycles. The quantitative estimate of drug-likeness (QED) is 0.867. The van der Waals surface area contributed by atoms with Gasteiger partial charge in [0.25, 0.3) is 5.91 Å². The molecule has 1 amide bonds. The molecule has 0 radical (unpaired) electrons. The topological polar surface area (TPSA) is 64.6 Å². The fourth-order valence-electron chi connectivity index (χ4n) is 3.15. The number of rotatable bonds is 4. The predicted molar refractivity (Wildman–Crippen MR) is 89.8 cm³/mol. The van der Waals surface area contributed by atoms with Crippen LogP contribution in [0.1, 0.15) is 37.8 Å². The largest absolute Gasteiger partial charge is 0.486 e. The fourth-order valence-corrected chi connectivity index (χ4v) is 3.15. The summed E-state index contributed by atoms with van der Waals surface area (Å²) in [6.45, 7) is -0.713. The number of alkyl halides is 1. The number of methoxy groups -OCH3 is 1. The van der Waals surface area contributed by atoms with E-state index in [1.807, 2.05) is 30.3 Å². The van der Waals surface area contributed by atoms with Gasteiger partial charge in [0.15, 0.2) is 0 Å². The van der Waals surface area contributed by atoms with Crippen LogP contribution in [-0.2, 0) is 4.74 Å². The average Bonchev–Trinajstić information content (AvgIpc) is 3.05. The van der Waals surface area contributed by atoms with E-state index in [-0.39, 0.29) is 11.1 Å². The molecule has 1 aliphatic rings. The van der Waals surface area contributed by atoms with Gasteiger partial charge in [-0.3, -0.25) is 4.79 Å². The summed E-state index contributed by atoms with van der Waals surface area (Å²) in [7, 11) is 2.75. The lowest BCUT2D eigenvalue weighted by Crippen LogP contribution is -2.22. The van der Waals surface area contributed by atoms with E-state index in [0.717, 1.165) is 5.56 Å². The molecule has 2 atom stereocenters. The molecule has 0 saturated heterocycles. The number of fused-ring (bicyclic) bond motifs is 1. The van der Waals surface area contributed by atoms with Gasteiger partial charge in [-0.05, 0) is 17.7 Å². The maximum Gasteiger partial charge on any atom is 0.337 e. The van der Waals surface area contributed by atoms with E-state index in [1.165, 1.54) is 20.2 Å². The Morgan fingerprint density at radius 2 is 1.96 bits per heavy atom. The van der Waals surface area contributed by atoms with Crippen LogP contribution in [0.15, 0.2) is 42.5 Å². The van der Waals surface area contributed by atoms with E-state index in [1.54, 1.807) is 6.07 Å². The SMILES string of the molecule is CNC(=O)c1cc(C(=O)OC)cc2c1O[C@H](CF)[C@H]2c1ccccc1. The Labute approximate surface area is 144 Å². The van der Waals surface area contributed by atoms with Crippen molar-refractivity contribution in [3.63, 3.8) is 0 Å². The van der Waals surface area contributed by atoms with E-state index in [9.17, 15) is 14.0 Å². The lowest BCUT2D eigenvalue weighted by molar-refractivity contribution is 0.0600. The molecule has 1 N–H and O–H groups in total. The van der Waals surface area contributed by atoms with E-state index in [2.05, 4.69) is 5.32 Å². The number of nitrogens with one attached hydrogen (secondary N) is 1. The lowest BCUT2D eigenvalue weighted by atomic mass is 9.87. The number of esters is 1. The van der Waals surface area contributed by atoms with Crippen LogP contribution in [0.5, 0.6) is 5.75 Å². The maximum atomic E-state index is 13.6. The first-order valence-electron chi connectivity index (χ1n) is 7.86. The molecule has 0 aromatic heterocycles. The number of carbonyl (C=O) groups is 2. The minimum atomic E-state index is -0.756. The standard InChI is InChI=1S/C19H18FNO4/c1-21-18(22)14-9-12(19(23)24-2)8-13-16(11-6-4-3-5-7-11)15(10-20)25-17(13)14/h3-9,15-16H,10H2,1-2H3,(H,21,22)/t15-,16+/m1/s1. The highest BCUT2D eigenvalue weighted by atomic mass is 19.1. The van der Waals surface area contributed by atoms with Crippen LogP contribution in [0.4, 0.5) is 4.39 Å². The molecular weight excluding hydrogens is 325 g/mol. The first-order valence-corrected chi connectivity index (χ1v) is 7.86. The number of benzene rings is 2. The molecule has 130 valence electrons. The Bertz CT molecular complexity index is 807. The zero-order valence-electron chi connectivity index (χ0n) is 13.9. The zero-order valence-corrected chi connectivity index (χ0v) is 13.9. The van der Waals surface area contributed by atoms with Crippen molar-refractivity contribution >= 4 is 11.9 Å². The van der Waals surface area contributed by atoms with Gasteiger partial charge in [0, 0.05) is 12.6 Å². The zero-order chi connectivity index (χ0) is 18.0. The Morgan fingerprint density at radius 1 is 1.24 bits per heavy atom. The molecule has 2 aromatic rings. The van der Waals surface area contributed by atoms with Crippen molar-refractivity contribution in [1.82, 2.24) is 5.32 Å². The number of carbonyl (C=O) groups excluding carboxylic acids is 2. The molecule has 0 bridgehead atoms. The summed E-state index contributed by atoms with van der Waals surface area (Å²) in [4.78, 5) is 24.2. The van der Waals surface area contributed by atoms with Crippen LogP contribution in [0.3, 0.4) is 0 Å². The van der Waals surface area contributed by atoms with Crippen LogP contribution in [-0.4, -0.2) is 38.8 Å². The number of ether oxygens (including phenoxy) is 2. The number of amides is 1. The summed E-state index contributed by atoms with van der Waals surface area (Å²) < 4.78 is 24.2. The minimum Gasteiger partial charge on any atom is -0.486 e. The predicted octanol–water partition coefficient (Wildman–Crippen LogP) is 2.70. The van der Waals surface area contributed by atoms with Gasteiger partial charge < -0.3 is 14.8 Å². The summed E-state index contributed by atoms with van der Waals surface area (Å²) in [6.07, 6.45) is -0.756. The van der Waals surface area contributed by atoms with Crippen LogP contribution in [0.2, 0.25) is 0 Å². The van der Waals surface area contributed by atoms with Gasteiger partial charge in [-0.25, -0.2) is 9.18 Å². The Balaban J connectivity index is 2.21. The monoisotopic (exact) mass is 343 g/mol. The second kappa shape index (κ2) is 6.93. The highest BCUT2D eigenvalue weighted by Crippen LogP contribution is 2.45. The first-order chi connectivity index (χ1) is 12.1. The molecule has 5 nitrogen and oxygen atoms in total. The molecule has 0 fully saturated rings. The van der Waals surface area contributed by atoms with Crippen molar-refractivity contribution in [2.75, 3.05) is 20.8 Å². The Hall–Kier alpha value is -2.89. The summed E-state index contributed by atoms with van der Waals surface area (Å²) >= 11 is 0. The third-order valence-electron chi connectivity index (χ3n) is 4.30. The fraction of sp³-hybridized carbons (Fsp3) is 0.263. The summed E-state index contributed by atoms with van der Waals surface area (Å²) in [5, 5.41) is 2.52. The molecule has 1 heterocycles. The lowest BCUT2D eigenvalue weighted by Gasteiger charge is -2.16. The van der Waals surface area contributed by atoms with Gasteiger partial charge in [-0.2, -0.15) is 0 Å². The third kappa shape index (κ3) is 2.95. The number of halogens is 1. The van der Waals surface area contributed by atoms with E-state index >= 15 is 0 Å². The number of hydrogen-bond acceptors (Lipinski definition) is 4. The Kier molecular flexibility index (Phi) is 4.70. The molecule has 1 aliphatic heterocycles.